The van der Waals surface area contributed by atoms with E-state index in [-0.39, 0.29) is 17.9 Å². The van der Waals surface area contributed by atoms with Gasteiger partial charge in [-0.15, -0.1) is 32.9 Å². The molecule has 0 bridgehead atoms. The number of aryl methyl sites for hydroxylation is 2. The number of thiophene rings is 2. The molecule has 2 aliphatic rings. The van der Waals surface area contributed by atoms with E-state index in [0.717, 1.165) is 58.8 Å². The maximum atomic E-state index is 13.1. The Bertz CT molecular complexity index is 1420. The van der Waals surface area contributed by atoms with Gasteiger partial charge >= 0.3 is 0 Å². The number of nitrogens with one attached hydrogen (secondary N) is 2. The van der Waals surface area contributed by atoms with Crippen LogP contribution < -0.4 is 5.32 Å². The van der Waals surface area contributed by atoms with Crippen molar-refractivity contribution in [2.45, 2.75) is 43.6 Å². The topological polar surface area (TPSA) is 134 Å². The molecule has 2 N–H and O–H groups in total. The summed E-state index contributed by atoms with van der Waals surface area (Å²) in [7, 11) is 7.02. The van der Waals surface area contributed by atoms with Crippen molar-refractivity contribution in [1.29, 1.82) is 5.26 Å². The summed E-state index contributed by atoms with van der Waals surface area (Å²) in [6.07, 6.45) is 3.90. The monoisotopic (exact) mass is 593 g/mol. The van der Waals surface area contributed by atoms with Crippen LogP contribution in [0.5, 0.6) is 0 Å². The Hall–Kier alpha value is -3.60. The third kappa shape index (κ3) is 5.27. The largest absolute Gasteiger partial charge is 0.358 e. The number of H-pyrrole nitrogens is 1. The molecule has 0 saturated carbocycles. The molecule has 13 heteroatoms. The first-order valence-electron chi connectivity index (χ1n) is 13.7. The minimum Gasteiger partial charge on any atom is -0.358 e. The van der Waals surface area contributed by atoms with E-state index in [1.54, 1.807) is 38.0 Å². The second-order valence-electron chi connectivity index (χ2n) is 10.9. The molecule has 1 aliphatic heterocycles. The Morgan fingerprint density at radius 3 is 2.27 bits per heavy atom. The van der Waals surface area contributed by atoms with E-state index in [9.17, 15) is 14.9 Å². The van der Waals surface area contributed by atoms with Crippen molar-refractivity contribution in [3.8, 4) is 6.07 Å². The summed E-state index contributed by atoms with van der Waals surface area (Å²) in [4.78, 5) is 34.7. The maximum absolute atomic E-state index is 13.1. The van der Waals surface area contributed by atoms with Crippen molar-refractivity contribution >= 4 is 34.5 Å². The quantitative estimate of drug-likeness (QED) is 0.362. The number of aromatic amines is 1. The van der Waals surface area contributed by atoms with E-state index >= 15 is 0 Å². The highest BCUT2D eigenvalue weighted by Crippen LogP contribution is 2.51. The highest BCUT2D eigenvalue weighted by atomic mass is 32.1. The summed E-state index contributed by atoms with van der Waals surface area (Å²) >= 11 is 2.95. The lowest BCUT2D eigenvalue weighted by molar-refractivity contribution is 0.0825. The second-order valence-corrected chi connectivity index (χ2v) is 13.0. The third-order valence-electron chi connectivity index (χ3n) is 7.83. The van der Waals surface area contributed by atoms with Gasteiger partial charge in [-0.25, -0.2) is 0 Å². The number of likely N-dealkylation sites (tertiary alicyclic amines) is 1. The van der Waals surface area contributed by atoms with Gasteiger partial charge in [0.15, 0.2) is 5.82 Å². The summed E-state index contributed by atoms with van der Waals surface area (Å²) in [6.45, 7) is 6.22. The van der Waals surface area contributed by atoms with Crippen LogP contribution in [0.2, 0.25) is 0 Å². The van der Waals surface area contributed by atoms with Gasteiger partial charge in [0.2, 0.25) is 0 Å². The number of nitriles is 1. The Labute approximate surface area is 247 Å². The van der Waals surface area contributed by atoms with E-state index in [1.807, 2.05) is 12.1 Å². The number of carbonyl (C=O) groups excluding carboxylic acids is 2. The third-order valence-corrected chi connectivity index (χ3v) is 10.5. The van der Waals surface area contributed by atoms with Gasteiger partial charge in [-0.1, -0.05) is 11.8 Å². The normalized spacial score (nSPS) is 17.3. The molecule has 0 spiro atoms. The second kappa shape index (κ2) is 11.7. The smallest absolute Gasteiger partial charge is 0.263 e. The van der Waals surface area contributed by atoms with Gasteiger partial charge in [-0.3, -0.25) is 9.59 Å². The molecule has 0 radical (unpaired) electrons. The number of aromatic nitrogens is 4. The number of fused-ring (bicyclic) bond motifs is 2. The fraction of sp³-hybridized carbons (Fsp3) is 0.500. The molecule has 1 unspecified atom stereocenters. The van der Waals surface area contributed by atoms with Crippen molar-refractivity contribution in [3.63, 3.8) is 0 Å². The van der Waals surface area contributed by atoms with E-state index in [4.69, 9.17) is 0 Å². The lowest BCUT2D eigenvalue weighted by Crippen LogP contribution is -2.37. The van der Waals surface area contributed by atoms with Crippen molar-refractivity contribution in [1.82, 2.24) is 40.6 Å². The Kier molecular flexibility index (Phi) is 8.26. The fourth-order valence-electron chi connectivity index (χ4n) is 5.75. The van der Waals surface area contributed by atoms with E-state index < -0.39 is 5.41 Å². The molecule has 216 valence electrons. The van der Waals surface area contributed by atoms with Gasteiger partial charge in [-0.2, -0.15) is 10.5 Å². The van der Waals surface area contributed by atoms with Crippen LogP contribution in [0.15, 0.2) is 24.4 Å². The Morgan fingerprint density at radius 2 is 1.76 bits per heavy atom. The predicted octanol–water partition coefficient (Wildman–Crippen LogP) is 2.64. The van der Waals surface area contributed by atoms with E-state index in [0.29, 0.717) is 35.1 Å². The summed E-state index contributed by atoms with van der Waals surface area (Å²) in [5, 5.41) is 28.6. The molecule has 1 fully saturated rings. The molecular weight excluding hydrogens is 559 g/mol. The van der Waals surface area contributed by atoms with Crippen molar-refractivity contribution in [3.05, 3.63) is 60.9 Å². The molecule has 4 heterocycles. The van der Waals surface area contributed by atoms with Crippen LogP contribution in [0.1, 0.15) is 65.3 Å². The van der Waals surface area contributed by atoms with Gasteiger partial charge in [0, 0.05) is 56.7 Å². The highest BCUT2D eigenvalue weighted by Gasteiger charge is 2.47. The molecule has 5 rings (SSSR count). The minimum absolute atomic E-state index is 0.0490. The molecule has 41 heavy (non-hydrogen) atoms. The molecule has 3 aromatic heterocycles. The first-order chi connectivity index (χ1) is 19.7. The van der Waals surface area contributed by atoms with Crippen LogP contribution in [0.3, 0.4) is 0 Å². The Balaban J connectivity index is 1.55. The lowest BCUT2D eigenvalue weighted by Gasteiger charge is -2.31. The average molecular weight is 594 g/mol. The minimum atomic E-state index is -0.809. The zero-order valence-electron chi connectivity index (χ0n) is 23.9. The number of amides is 2. The highest BCUT2D eigenvalue weighted by molar-refractivity contribution is 7.16. The van der Waals surface area contributed by atoms with Crippen LogP contribution in [0.25, 0.3) is 0 Å². The van der Waals surface area contributed by atoms with Crippen molar-refractivity contribution < 1.29 is 9.59 Å². The summed E-state index contributed by atoms with van der Waals surface area (Å²) in [5.41, 5.74) is 2.27. The SMILES string of the molecule is C=C(CNCCC1(c2nn[nH]n2)c2sc(C(=O)N(C)C)cc2CCc2cc(C(=O)N(C)C)sc21)N1CCCC1C#N. The van der Waals surface area contributed by atoms with Crippen LogP contribution in [0, 0.1) is 11.3 Å². The molecular formula is C28H35N9O2S2. The van der Waals surface area contributed by atoms with Crippen molar-refractivity contribution in [2.24, 2.45) is 0 Å². The van der Waals surface area contributed by atoms with E-state index in [2.05, 4.69) is 43.5 Å². The molecule has 3 aromatic rings. The number of tetrazole rings is 1. The van der Waals surface area contributed by atoms with Gasteiger partial charge in [0.25, 0.3) is 11.8 Å². The number of nitrogens with zero attached hydrogens (tertiary/aromatic N) is 7. The van der Waals surface area contributed by atoms with Gasteiger partial charge in [-0.05, 0) is 61.9 Å². The lowest BCUT2D eigenvalue weighted by atomic mass is 9.78. The molecule has 1 aliphatic carbocycles. The summed E-state index contributed by atoms with van der Waals surface area (Å²) < 4.78 is 0. The summed E-state index contributed by atoms with van der Waals surface area (Å²) in [6, 6.07) is 6.26. The molecule has 0 aromatic carbocycles. The van der Waals surface area contributed by atoms with Crippen LogP contribution in [0.4, 0.5) is 0 Å². The Morgan fingerprint density at radius 1 is 1.15 bits per heavy atom. The standard InChI is InChI=1S/C28H35N9O2S2/c1-17(37-12-6-7-20(37)15-29)16-30-11-10-28(27-31-33-34-32-27)23-18(13-21(40-23)25(38)35(2)3)8-9-19-14-22(41-24(19)28)26(39)36(4)5/h13-14,20,30H,1,6-12,16H2,2-5H3,(H,31,32,33,34). The maximum Gasteiger partial charge on any atom is 0.263 e. The number of hydrogen-bond donors (Lipinski definition) is 2. The van der Waals surface area contributed by atoms with Crippen LogP contribution >= 0.6 is 22.7 Å². The van der Waals surface area contributed by atoms with Crippen LogP contribution in [-0.2, 0) is 18.3 Å². The van der Waals surface area contributed by atoms with Gasteiger partial charge in [0.05, 0.1) is 15.8 Å². The van der Waals surface area contributed by atoms with Crippen molar-refractivity contribution in [2.75, 3.05) is 47.8 Å². The number of carbonyl (C=O) groups is 2. The average Bonchev–Trinajstić information content (AvgIpc) is 3.77. The fourth-order valence-corrected chi connectivity index (χ4v) is 8.72. The molecule has 1 atom stereocenters. The van der Waals surface area contributed by atoms with Crippen LogP contribution in [-0.4, -0.2) is 101 Å². The predicted molar refractivity (Wildman–Crippen MR) is 158 cm³/mol. The first kappa shape index (κ1) is 28.9. The zero-order chi connectivity index (χ0) is 29.3. The molecule has 11 nitrogen and oxygen atoms in total. The molecule has 2 amide bonds. The van der Waals surface area contributed by atoms with Gasteiger partial charge in [0.1, 0.15) is 11.5 Å². The molecule has 1 saturated heterocycles. The summed E-state index contributed by atoms with van der Waals surface area (Å²) in [5.74, 6) is 0.419. The first-order valence-corrected chi connectivity index (χ1v) is 15.3. The van der Waals surface area contributed by atoms with E-state index in [1.165, 1.54) is 22.7 Å². The number of hydrogen-bond acceptors (Lipinski definition) is 10. The van der Waals surface area contributed by atoms with Gasteiger partial charge < -0.3 is 20.0 Å². The zero-order valence-corrected chi connectivity index (χ0v) is 25.5. The number of rotatable bonds is 9.